The molecule has 0 spiro atoms. The molecule has 0 fully saturated rings. The van der Waals surface area contributed by atoms with E-state index in [4.69, 9.17) is 23.2 Å². The number of rotatable bonds is 6. The SMILES string of the molecule is Clc1nc(-c2ccccc2)nc(-c2ccc(-c3ccc4cc(-c5ccc(-c6nc(Cl)nc(-c7ccccc7)n6)cc5)ccc4c3)cc2)n1. The molecule has 8 aromatic rings. The lowest BCUT2D eigenvalue weighted by atomic mass is 9.97. The maximum absolute atomic E-state index is 6.27. The third-order valence-corrected chi connectivity index (χ3v) is 8.41. The van der Waals surface area contributed by atoms with E-state index in [0.717, 1.165) is 55.3 Å². The van der Waals surface area contributed by atoms with Crippen molar-refractivity contribution in [1.82, 2.24) is 29.9 Å². The Morgan fingerprint density at radius 2 is 0.562 bits per heavy atom. The highest BCUT2D eigenvalue weighted by Gasteiger charge is 2.12. The lowest BCUT2D eigenvalue weighted by Gasteiger charge is -2.09. The van der Waals surface area contributed by atoms with Crippen LogP contribution < -0.4 is 0 Å². The fourth-order valence-corrected chi connectivity index (χ4v) is 5.94. The molecular weight excluding hydrogens is 635 g/mol. The zero-order chi connectivity index (χ0) is 32.5. The summed E-state index contributed by atoms with van der Waals surface area (Å²) in [6.45, 7) is 0. The number of hydrogen-bond acceptors (Lipinski definition) is 6. The number of benzene rings is 6. The van der Waals surface area contributed by atoms with Gasteiger partial charge >= 0.3 is 0 Å². The van der Waals surface area contributed by atoms with Crippen molar-refractivity contribution in [3.63, 3.8) is 0 Å². The number of aromatic nitrogens is 6. The molecule has 228 valence electrons. The molecule has 0 aliphatic rings. The molecule has 2 heterocycles. The van der Waals surface area contributed by atoms with Crippen LogP contribution in [0, 0.1) is 0 Å². The molecule has 48 heavy (non-hydrogen) atoms. The largest absolute Gasteiger partial charge is 0.226 e. The van der Waals surface area contributed by atoms with Gasteiger partial charge in [-0.25, -0.2) is 9.97 Å². The van der Waals surface area contributed by atoms with Crippen LogP contribution in [0.15, 0.2) is 146 Å². The second-order valence-corrected chi connectivity index (χ2v) is 11.8. The summed E-state index contributed by atoms with van der Waals surface area (Å²) in [7, 11) is 0. The lowest BCUT2D eigenvalue weighted by molar-refractivity contribution is 1.07. The molecular formula is C40H24Cl2N6. The molecule has 0 unspecified atom stereocenters. The molecule has 8 heteroatoms. The summed E-state index contributed by atoms with van der Waals surface area (Å²) in [5, 5.41) is 2.64. The number of halogens is 2. The Kier molecular flexibility index (Phi) is 7.86. The first-order valence-electron chi connectivity index (χ1n) is 15.3. The van der Waals surface area contributed by atoms with Gasteiger partial charge in [-0.3, -0.25) is 0 Å². The van der Waals surface area contributed by atoms with Gasteiger partial charge in [0, 0.05) is 22.3 Å². The van der Waals surface area contributed by atoms with E-state index >= 15 is 0 Å². The van der Waals surface area contributed by atoms with Gasteiger partial charge in [0.1, 0.15) is 0 Å². The van der Waals surface area contributed by atoms with E-state index in [-0.39, 0.29) is 10.6 Å². The smallest absolute Gasteiger partial charge is 0.208 e. The quantitative estimate of drug-likeness (QED) is 0.177. The predicted octanol–water partition coefficient (Wildman–Crippen LogP) is 10.5. The fraction of sp³-hybridized carbons (Fsp3) is 0. The number of nitrogens with zero attached hydrogens (tertiary/aromatic N) is 6. The second kappa shape index (κ2) is 12.8. The average molecular weight is 660 g/mol. The standard InChI is InChI=1S/C40H24Cl2N6/c41-39-45-35(27-7-3-1-4-8-27)43-37(47-39)29-15-11-25(12-16-29)31-19-21-34-24-32(20-22-33(34)23-31)26-13-17-30(18-14-26)38-44-36(46-40(42)48-38)28-9-5-2-6-10-28/h1-24H. The highest BCUT2D eigenvalue weighted by molar-refractivity contribution is 6.28. The van der Waals surface area contributed by atoms with Gasteiger partial charge in [-0.15, -0.1) is 0 Å². The Balaban J connectivity index is 1.02. The van der Waals surface area contributed by atoms with E-state index in [1.807, 2.05) is 84.9 Å². The number of hydrogen-bond donors (Lipinski definition) is 0. The van der Waals surface area contributed by atoms with Gasteiger partial charge in [0.05, 0.1) is 0 Å². The van der Waals surface area contributed by atoms with Gasteiger partial charge in [0.15, 0.2) is 23.3 Å². The van der Waals surface area contributed by atoms with Crippen LogP contribution in [0.4, 0.5) is 0 Å². The first kappa shape index (κ1) is 29.6. The first-order chi connectivity index (χ1) is 23.6. The van der Waals surface area contributed by atoms with Gasteiger partial charge in [0.2, 0.25) is 10.6 Å². The predicted molar refractivity (Wildman–Crippen MR) is 193 cm³/mol. The third kappa shape index (κ3) is 6.15. The Morgan fingerprint density at radius 1 is 0.271 bits per heavy atom. The molecule has 6 aromatic carbocycles. The minimum atomic E-state index is 0.165. The topological polar surface area (TPSA) is 77.3 Å². The molecule has 2 aromatic heterocycles. The highest BCUT2D eigenvalue weighted by Crippen LogP contribution is 2.31. The summed E-state index contributed by atoms with van der Waals surface area (Å²) in [4.78, 5) is 26.7. The molecule has 0 saturated carbocycles. The van der Waals surface area contributed by atoms with Crippen molar-refractivity contribution in [3.05, 3.63) is 156 Å². The molecule has 0 bridgehead atoms. The molecule has 0 N–H and O–H groups in total. The third-order valence-electron chi connectivity index (χ3n) is 8.07. The van der Waals surface area contributed by atoms with Gasteiger partial charge in [-0.05, 0) is 68.4 Å². The van der Waals surface area contributed by atoms with Gasteiger partial charge in [-0.2, -0.15) is 19.9 Å². The zero-order valence-electron chi connectivity index (χ0n) is 25.3. The van der Waals surface area contributed by atoms with Crippen molar-refractivity contribution in [2.24, 2.45) is 0 Å². The molecule has 0 atom stereocenters. The molecule has 6 nitrogen and oxygen atoms in total. The molecule has 0 aliphatic heterocycles. The van der Waals surface area contributed by atoms with Crippen molar-refractivity contribution in [1.29, 1.82) is 0 Å². The highest BCUT2D eigenvalue weighted by atomic mass is 35.5. The van der Waals surface area contributed by atoms with Crippen LogP contribution in [-0.2, 0) is 0 Å². The van der Waals surface area contributed by atoms with Crippen LogP contribution in [0.2, 0.25) is 10.6 Å². The van der Waals surface area contributed by atoms with Crippen molar-refractivity contribution >= 4 is 34.0 Å². The van der Waals surface area contributed by atoms with Gasteiger partial charge in [-0.1, -0.05) is 133 Å². The summed E-state index contributed by atoms with van der Waals surface area (Å²) >= 11 is 12.5. The monoisotopic (exact) mass is 658 g/mol. The van der Waals surface area contributed by atoms with Crippen LogP contribution in [0.5, 0.6) is 0 Å². The Bertz CT molecular complexity index is 2230. The minimum absolute atomic E-state index is 0.165. The molecule has 8 rings (SSSR count). The van der Waals surface area contributed by atoms with E-state index < -0.39 is 0 Å². The summed E-state index contributed by atoms with van der Waals surface area (Å²) in [6.07, 6.45) is 0. The zero-order valence-corrected chi connectivity index (χ0v) is 26.8. The van der Waals surface area contributed by atoms with Gasteiger partial charge in [0.25, 0.3) is 0 Å². The van der Waals surface area contributed by atoms with Gasteiger partial charge < -0.3 is 0 Å². The number of fused-ring (bicyclic) bond motifs is 1. The van der Waals surface area contributed by atoms with Crippen molar-refractivity contribution in [2.75, 3.05) is 0 Å². The maximum atomic E-state index is 6.27. The summed E-state index contributed by atoms with van der Waals surface area (Å²) in [5.41, 5.74) is 7.94. The molecule has 0 saturated heterocycles. The molecule has 0 amide bonds. The fourth-order valence-electron chi connectivity index (χ4n) is 5.62. The summed E-state index contributed by atoms with van der Waals surface area (Å²) in [5.74, 6) is 2.16. The Morgan fingerprint density at radius 3 is 0.917 bits per heavy atom. The minimum Gasteiger partial charge on any atom is -0.208 e. The van der Waals surface area contributed by atoms with Crippen LogP contribution in [0.1, 0.15) is 0 Å². The van der Waals surface area contributed by atoms with Crippen LogP contribution in [0.25, 0.3) is 78.6 Å². The molecule has 0 radical (unpaired) electrons. The van der Waals surface area contributed by atoms with E-state index in [1.165, 1.54) is 0 Å². The Labute approximate surface area is 286 Å². The Hall–Kier alpha value is -5.82. The van der Waals surface area contributed by atoms with Crippen LogP contribution >= 0.6 is 23.2 Å². The average Bonchev–Trinajstić information content (AvgIpc) is 3.15. The van der Waals surface area contributed by atoms with Crippen molar-refractivity contribution < 1.29 is 0 Å². The summed E-state index contributed by atoms with van der Waals surface area (Å²) < 4.78 is 0. The van der Waals surface area contributed by atoms with E-state index in [1.54, 1.807) is 0 Å². The van der Waals surface area contributed by atoms with Crippen LogP contribution in [0.3, 0.4) is 0 Å². The summed E-state index contributed by atoms with van der Waals surface area (Å²) in [6, 6.07) is 48.9. The molecule has 0 aliphatic carbocycles. The van der Waals surface area contributed by atoms with E-state index in [2.05, 4.69) is 90.6 Å². The van der Waals surface area contributed by atoms with Crippen LogP contribution in [-0.4, -0.2) is 29.9 Å². The first-order valence-corrected chi connectivity index (χ1v) is 16.0. The van der Waals surface area contributed by atoms with E-state index in [9.17, 15) is 0 Å². The normalized spacial score (nSPS) is 11.1. The van der Waals surface area contributed by atoms with Crippen molar-refractivity contribution in [3.8, 4) is 67.8 Å². The maximum Gasteiger partial charge on any atom is 0.226 e. The second-order valence-electron chi connectivity index (χ2n) is 11.2. The lowest BCUT2D eigenvalue weighted by Crippen LogP contribution is -1.97. The van der Waals surface area contributed by atoms with E-state index in [0.29, 0.717) is 23.3 Å². The van der Waals surface area contributed by atoms with Crippen molar-refractivity contribution in [2.45, 2.75) is 0 Å².